The van der Waals surface area contributed by atoms with Crippen LogP contribution >= 0.6 is 0 Å². The summed E-state index contributed by atoms with van der Waals surface area (Å²) in [5, 5.41) is 0. The van der Waals surface area contributed by atoms with E-state index in [-0.39, 0.29) is 23.2 Å². The first-order chi connectivity index (χ1) is 8.23. The Morgan fingerprint density at radius 2 is 1.50 bits per heavy atom. The monoisotopic (exact) mass is 250 g/mol. The van der Waals surface area contributed by atoms with Crippen LogP contribution in [0.2, 0.25) is 0 Å². The molecule has 18 heavy (non-hydrogen) atoms. The van der Waals surface area contributed by atoms with Gasteiger partial charge in [0, 0.05) is 23.2 Å². The maximum Gasteiger partial charge on any atom is 0.142 e. The number of Topliss-reactive ketones (excluding diaryl/α,β-unsaturated/α-hetero) is 2. The fourth-order valence-electron chi connectivity index (χ4n) is 3.96. The molecule has 2 rings (SSSR count). The minimum absolute atomic E-state index is 0.0126. The Hall–Kier alpha value is -0.660. The molecule has 0 aliphatic heterocycles. The molecule has 2 aliphatic carbocycles. The third-order valence-electron chi connectivity index (χ3n) is 4.86. The average molecular weight is 250 g/mol. The number of carbonyl (C=O) groups is 2. The molecule has 4 atom stereocenters. The normalized spacial score (nSPS) is 35.2. The molecule has 102 valence electrons. The number of ketones is 2. The predicted molar refractivity (Wildman–Crippen MR) is 72.1 cm³/mol. The van der Waals surface area contributed by atoms with E-state index < -0.39 is 0 Å². The molecule has 2 aliphatic rings. The summed E-state index contributed by atoms with van der Waals surface area (Å²) < 4.78 is 0. The van der Waals surface area contributed by atoms with Crippen molar-refractivity contribution in [2.75, 3.05) is 0 Å². The standard InChI is InChI=1S/C16H26O2/c1-9(2)14(17)12-10-6-7-11(8-10)13(12)15(18)16(3,4)5/h9-13H,6-8H2,1-5H3. The maximum absolute atomic E-state index is 12.6. The van der Waals surface area contributed by atoms with Crippen LogP contribution in [-0.2, 0) is 9.59 Å². The van der Waals surface area contributed by atoms with E-state index in [4.69, 9.17) is 0 Å². The van der Waals surface area contributed by atoms with E-state index in [2.05, 4.69) is 0 Å². The smallest absolute Gasteiger partial charge is 0.142 e. The summed E-state index contributed by atoms with van der Waals surface area (Å²) in [5.74, 6) is 1.70. The van der Waals surface area contributed by atoms with E-state index in [1.165, 1.54) is 0 Å². The van der Waals surface area contributed by atoms with Crippen molar-refractivity contribution in [3.05, 3.63) is 0 Å². The quantitative estimate of drug-likeness (QED) is 0.768. The molecule has 2 fully saturated rings. The number of carbonyl (C=O) groups excluding carboxylic acids is 2. The minimum Gasteiger partial charge on any atom is -0.299 e. The van der Waals surface area contributed by atoms with Crippen molar-refractivity contribution in [2.24, 2.45) is 35.0 Å². The lowest BCUT2D eigenvalue weighted by Gasteiger charge is -2.34. The zero-order valence-electron chi connectivity index (χ0n) is 12.3. The van der Waals surface area contributed by atoms with Gasteiger partial charge in [0.15, 0.2) is 0 Å². The second kappa shape index (κ2) is 4.47. The summed E-state index contributed by atoms with van der Waals surface area (Å²) in [5.41, 5.74) is -0.315. The van der Waals surface area contributed by atoms with E-state index in [0.29, 0.717) is 23.4 Å². The summed E-state index contributed by atoms with van der Waals surface area (Å²) in [6, 6.07) is 0. The van der Waals surface area contributed by atoms with Crippen LogP contribution in [0.3, 0.4) is 0 Å². The molecule has 0 saturated heterocycles. The topological polar surface area (TPSA) is 34.1 Å². The summed E-state index contributed by atoms with van der Waals surface area (Å²) in [7, 11) is 0. The highest BCUT2D eigenvalue weighted by molar-refractivity contribution is 5.94. The first-order valence-corrected chi connectivity index (χ1v) is 7.31. The van der Waals surface area contributed by atoms with Crippen LogP contribution in [-0.4, -0.2) is 11.6 Å². The predicted octanol–water partition coefficient (Wildman–Crippen LogP) is 3.49. The molecule has 0 radical (unpaired) electrons. The SMILES string of the molecule is CC(C)C(=O)C1C2CCC(C2)C1C(=O)C(C)(C)C. The second-order valence-corrected chi connectivity index (χ2v) is 7.56. The Morgan fingerprint density at radius 3 is 1.94 bits per heavy atom. The van der Waals surface area contributed by atoms with Crippen LogP contribution < -0.4 is 0 Å². The molecule has 2 bridgehead atoms. The summed E-state index contributed by atoms with van der Waals surface area (Å²) >= 11 is 0. The molecule has 0 N–H and O–H groups in total. The van der Waals surface area contributed by atoms with Crippen molar-refractivity contribution in [1.82, 2.24) is 0 Å². The first kappa shape index (κ1) is 13.8. The average Bonchev–Trinajstić information content (AvgIpc) is 2.84. The lowest BCUT2D eigenvalue weighted by Crippen LogP contribution is -2.41. The highest BCUT2D eigenvalue weighted by Crippen LogP contribution is 2.54. The Morgan fingerprint density at radius 1 is 1.00 bits per heavy atom. The zero-order chi connectivity index (χ0) is 13.7. The van der Waals surface area contributed by atoms with Crippen molar-refractivity contribution < 1.29 is 9.59 Å². The van der Waals surface area contributed by atoms with Gasteiger partial charge in [-0.25, -0.2) is 0 Å². The molecule has 0 aromatic rings. The largest absolute Gasteiger partial charge is 0.299 e. The number of hydrogen-bond donors (Lipinski definition) is 0. The summed E-state index contributed by atoms with van der Waals surface area (Å²) in [6.07, 6.45) is 3.41. The third-order valence-corrected chi connectivity index (χ3v) is 4.86. The minimum atomic E-state index is -0.315. The van der Waals surface area contributed by atoms with Crippen LogP contribution in [0.4, 0.5) is 0 Å². The van der Waals surface area contributed by atoms with Crippen molar-refractivity contribution in [3.8, 4) is 0 Å². The van der Waals surface area contributed by atoms with Gasteiger partial charge in [-0.15, -0.1) is 0 Å². The highest BCUT2D eigenvalue weighted by atomic mass is 16.1. The molecule has 0 aromatic carbocycles. The lowest BCUT2D eigenvalue weighted by atomic mass is 9.68. The van der Waals surface area contributed by atoms with Crippen LogP contribution in [0, 0.1) is 35.0 Å². The van der Waals surface area contributed by atoms with Crippen LogP contribution in [0.5, 0.6) is 0 Å². The van der Waals surface area contributed by atoms with Gasteiger partial charge in [0.25, 0.3) is 0 Å². The first-order valence-electron chi connectivity index (χ1n) is 7.31. The fraction of sp³-hybridized carbons (Fsp3) is 0.875. The molecule has 2 heteroatoms. The lowest BCUT2D eigenvalue weighted by molar-refractivity contribution is -0.140. The molecule has 4 unspecified atom stereocenters. The zero-order valence-corrected chi connectivity index (χ0v) is 12.3. The van der Waals surface area contributed by atoms with E-state index in [1.807, 2.05) is 34.6 Å². The van der Waals surface area contributed by atoms with Crippen LogP contribution in [0.15, 0.2) is 0 Å². The van der Waals surface area contributed by atoms with Gasteiger partial charge in [-0.3, -0.25) is 9.59 Å². The van der Waals surface area contributed by atoms with Crippen LogP contribution in [0.25, 0.3) is 0 Å². The Kier molecular flexibility index (Phi) is 3.42. The van der Waals surface area contributed by atoms with Gasteiger partial charge in [0.05, 0.1) is 0 Å². The number of rotatable bonds is 3. The molecule has 0 aromatic heterocycles. The van der Waals surface area contributed by atoms with E-state index in [0.717, 1.165) is 19.3 Å². The van der Waals surface area contributed by atoms with E-state index in [9.17, 15) is 9.59 Å². The van der Waals surface area contributed by atoms with Crippen molar-refractivity contribution in [3.63, 3.8) is 0 Å². The van der Waals surface area contributed by atoms with Gasteiger partial charge in [0.2, 0.25) is 0 Å². The van der Waals surface area contributed by atoms with Gasteiger partial charge in [0.1, 0.15) is 11.6 Å². The van der Waals surface area contributed by atoms with Gasteiger partial charge in [-0.1, -0.05) is 34.6 Å². The highest BCUT2D eigenvalue weighted by Gasteiger charge is 2.54. The van der Waals surface area contributed by atoms with Crippen molar-refractivity contribution in [1.29, 1.82) is 0 Å². The Bertz CT molecular complexity index is 362. The third kappa shape index (κ3) is 2.15. The Balaban J connectivity index is 2.27. The molecular formula is C16H26O2. The van der Waals surface area contributed by atoms with Gasteiger partial charge in [-0.2, -0.15) is 0 Å². The maximum atomic E-state index is 12.6. The number of fused-ring (bicyclic) bond motifs is 2. The second-order valence-electron chi connectivity index (χ2n) is 7.56. The van der Waals surface area contributed by atoms with E-state index >= 15 is 0 Å². The van der Waals surface area contributed by atoms with Gasteiger partial charge in [-0.05, 0) is 31.1 Å². The molecular weight excluding hydrogens is 224 g/mol. The van der Waals surface area contributed by atoms with Gasteiger partial charge >= 0.3 is 0 Å². The number of hydrogen-bond acceptors (Lipinski definition) is 2. The van der Waals surface area contributed by atoms with E-state index in [1.54, 1.807) is 0 Å². The molecule has 2 nitrogen and oxygen atoms in total. The van der Waals surface area contributed by atoms with Crippen LogP contribution in [0.1, 0.15) is 53.9 Å². The molecule has 0 spiro atoms. The van der Waals surface area contributed by atoms with Gasteiger partial charge < -0.3 is 0 Å². The summed E-state index contributed by atoms with van der Waals surface area (Å²) in [6.45, 7) is 9.88. The Labute approximate surface area is 111 Å². The molecule has 0 amide bonds. The molecule has 2 saturated carbocycles. The molecule has 0 heterocycles. The fourth-order valence-corrected chi connectivity index (χ4v) is 3.96. The van der Waals surface area contributed by atoms with Crippen molar-refractivity contribution >= 4 is 11.6 Å². The summed E-state index contributed by atoms with van der Waals surface area (Å²) in [4.78, 5) is 25.1. The van der Waals surface area contributed by atoms with Crippen molar-refractivity contribution in [2.45, 2.75) is 53.9 Å².